The Bertz CT molecular complexity index is 830. The molecular weight excluding hydrogens is 340 g/mol. The van der Waals surface area contributed by atoms with Crippen LogP contribution in [0.1, 0.15) is 29.0 Å². The number of nitrogens with one attached hydrogen (secondary N) is 1. The molecule has 1 amide bonds. The van der Waals surface area contributed by atoms with E-state index in [0.29, 0.717) is 31.6 Å². The summed E-state index contributed by atoms with van der Waals surface area (Å²) in [6, 6.07) is 8.11. The molecule has 3 rings (SSSR count). The number of piperidine rings is 1. The lowest BCUT2D eigenvalue weighted by atomic mass is 10.1. The van der Waals surface area contributed by atoms with Gasteiger partial charge in [-0.05, 0) is 31.9 Å². The number of amides is 1. The maximum atomic E-state index is 12.4. The molecule has 0 unspecified atom stereocenters. The van der Waals surface area contributed by atoms with E-state index in [9.17, 15) is 13.2 Å². The SMILES string of the molecule is Cc1cnc(C(=O)N2CCC(NS(=O)(=O)c3ccccc3)CC2)cn1. The molecule has 0 bridgehead atoms. The van der Waals surface area contributed by atoms with E-state index in [-0.39, 0.29) is 16.8 Å². The Kier molecular flexibility index (Phi) is 5.10. The summed E-state index contributed by atoms with van der Waals surface area (Å²) < 4.78 is 27.4. The first kappa shape index (κ1) is 17.5. The van der Waals surface area contributed by atoms with Gasteiger partial charge in [-0.15, -0.1) is 0 Å². The van der Waals surface area contributed by atoms with E-state index in [1.165, 1.54) is 6.20 Å². The predicted molar refractivity (Wildman–Crippen MR) is 92.5 cm³/mol. The molecule has 1 saturated heterocycles. The Morgan fingerprint density at radius 2 is 1.80 bits per heavy atom. The van der Waals surface area contributed by atoms with Crippen molar-refractivity contribution in [2.75, 3.05) is 13.1 Å². The Balaban J connectivity index is 1.58. The molecule has 0 atom stereocenters. The molecule has 0 radical (unpaired) electrons. The van der Waals surface area contributed by atoms with Gasteiger partial charge < -0.3 is 4.90 Å². The van der Waals surface area contributed by atoms with Crippen molar-refractivity contribution in [1.82, 2.24) is 19.6 Å². The number of aromatic nitrogens is 2. The molecule has 25 heavy (non-hydrogen) atoms. The Labute approximate surface area is 147 Å². The molecule has 1 N–H and O–H groups in total. The van der Waals surface area contributed by atoms with Crippen molar-refractivity contribution in [2.45, 2.75) is 30.7 Å². The van der Waals surface area contributed by atoms with Crippen molar-refractivity contribution < 1.29 is 13.2 Å². The lowest BCUT2D eigenvalue weighted by molar-refractivity contribution is 0.0705. The van der Waals surface area contributed by atoms with Crippen molar-refractivity contribution in [2.24, 2.45) is 0 Å². The molecule has 2 aromatic rings. The van der Waals surface area contributed by atoms with Gasteiger partial charge in [-0.1, -0.05) is 18.2 Å². The maximum Gasteiger partial charge on any atom is 0.274 e. The van der Waals surface area contributed by atoms with E-state index in [0.717, 1.165) is 5.69 Å². The van der Waals surface area contributed by atoms with Gasteiger partial charge >= 0.3 is 0 Å². The number of sulfonamides is 1. The fourth-order valence-electron chi connectivity index (χ4n) is 2.75. The number of benzene rings is 1. The normalized spacial score (nSPS) is 16.0. The number of nitrogens with zero attached hydrogens (tertiary/aromatic N) is 3. The monoisotopic (exact) mass is 360 g/mol. The topological polar surface area (TPSA) is 92.3 Å². The molecule has 1 aliphatic rings. The Hall–Kier alpha value is -2.32. The van der Waals surface area contributed by atoms with Gasteiger partial charge in [0, 0.05) is 25.3 Å². The number of likely N-dealkylation sites (tertiary alicyclic amines) is 1. The third-order valence-corrected chi connectivity index (χ3v) is 5.69. The second-order valence-electron chi connectivity index (χ2n) is 6.04. The minimum absolute atomic E-state index is 0.170. The van der Waals surface area contributed by atoms with E-state index in [1.54, 1.807) is 41.4 Å². The highest BCUT2D eigenvalue weighted by molar-refractivity contribution is 7.89. The van der Waals surface area contributed by atoms with Crippen LogP contribution in [0.4, 0.5) is 0 Å². The molecular formula is C17H20N4O3S. The third kappa shape index (κ3) is 4.21. The van der Waals surface area contributed by atoms with E-state index in [2.05, 4.69) is 14.7 Å². The molecule has 8 heteroatoms. The minimum atomic E-state index is -3.53. The molecule has 0 spiro atoms. The van der Waals surface area contributed by atoms with Crippen LogP contribution in [-0.4, -0.2) is 48.3 Å². The molecule has 7 nitrogen and oxygen atoms in total. The van der Waals surface area contributed by atoms with Gasteiger partial charge in [0.15, 0.2) is 0 Å². The highest BCUT2D eigenvalue weighted by Crippen LogP contribution is 2.16. The van der Waals surface area contributed by atoms with Crippen LogP contribution in [0.15, 0.2) is 47.6 Å². The van der Waals surface area contributed by atoms with E-state index >= 15 is 0 Å². The molecule has 132 valence electrons. The van der Waals surface area contributed by atoms with Gasteiger partial charge in [-0.25, -0.2) is 18.1 Å². The summed E-state index contributed by atoms with van der Waals surface area (Å²) in [6.07, 6.45) is 4.17. The number of hydrogen-bond donors (Lipinski definition) is 1. The van der Waals surface area contributed by atoms with Crippen molar-refractivity contribution in [3.8, 4) is 0 Å². The lowest BCUT2D eigenvalue weighted by Gasteiger charge is -2.32. The van der Waals surface area contributed by atoms with E-state index in [1.807, 2.05) is 6.92 Å². The molecule has 1 fully saturated rings. The van der Waals surface area contributed by atoms with Crippen molar-refractivity contribution >= 4 is 15.9 Å². The zero-order chi connectivity index (χ0) is 17.9. The van der Waals surface area contributed by atoms with Gasteiger partial charge in [0.2, 0.25) is 10.0 Å². The second kappa shape index (κ2) is 7.28. The molecule has 1 aliphatic heterocycles. The number of aryl methyl sites for hydroxylation is 1. The molecule has 0 aliphatic carbocycles. The van der Waals surface area contributed by atoms with Gasteiger partial charge in [0.1, 0.15) is 5.69 Å². The fraction of sp³-hybridized carbons (Fsp3) is 0.353. The molecule has 0 saturated carbocycles. The highest BCUT2D eigenvalue weighted by atomic mass is 32.2. The summed E-state index contributed by atoms with van der Waals surface area (Å²) in [5.74, 6) is -0.170. The van der Waals surface area contributed by atoms with Crippen LogP contribution in [0.5, 0.6) is 0 Å². The quantitative estimate of drug-likeness (QED) is 0.889. The van der Waals surface area contributed by atoms with Crippen LogP contribution in [-0.2, 0) is 10.0 Å². The van der Waals surface area contributed by atoms with Crippen molar-refractivity contribution in [1.29, 1.82) is 0 Å². The van der Waals surface area contributed by atoms with Crippen LogP contribution in [0.2, 0.25) is 0 Å². The summed E-state index contributed by atoms with van der Waals surface area (Å²) in [5.41, 5.74) is 1.07. The Morgan fingerprint density at radius 1 is 1.12 bits per heavy atom. The standard InChI is InChI=1S/C17H20N4O3S/c1-13-11-19-16(12-18-13)17(22)21-9-7-14(8-10-21)20-25(23,24)15-5-3-2-4-6-15/h2-6,11-12,14,20H,7-10H2,1H3. The Morgan fingerprint density at radius 3 is 2.40 bits per heavy atom. The first-order valence-electron chi connectivity index (χ1n) is 8.11. The van der Waals surface area contributed by atoms with Crippen molar-refractivity contribution in [3.63, 3.8) is 0 Å². The van der Waals surface area contributed by atoms with Crippen LogP contribution in [0, 0.1) is 6.92 Å². The highest BCUT2D eigenvalue weighted by Gasteiger charge is 2.27. The van der Waals surface area contributed by atoms with Gasteiger partial charge in [-0.3, -0.25) is 9.78 Å². The zero-order valence-electron chi connectivity index (χ0n) is 13.9. The zero-order valence-corrected chi connectivity index (χ0v) is 14.7. The minimum Gasteiger partial charge on any atom is -0.337 e. The first-order chi connectivity index (χ1) is 12.0. The average Bonchev–Trinajstić information content (AvgIpc) is 2.63. The average molecular weight is 360 g/mol. The fourth-order valence-corrected chi connectivity index (χ4v) is 4.08. The number of rotatable bonds is 4. The number of hydrogen-bond acceptors (Lipinski definition) is 5. The van der Waals surface area contributed by atoms with Crippen molar-refractivity contribution in [3.05, 3.63) is 54.1 Å². The van der Waals surface area contributed by atoms with Gasteiger partial charge in [0.05, 0.1) is 16.8 Å². The van der Waals surface area contributed by atoms with E-state index in [4.69, 9.17) is 0 Å². The van der Waals surface area contributed by atoms with Crippen LogP contribution in [0.25, 0.3) is 0 Å². The predicted octanol–water partition coefficient (Wildman–Crippen LogP) is 1.37. The molecule has 1 aromatic heterocycles. The summed E-state index contributed by atoms with van der Waals surface area (Å²) in [5, 5.41) is 0. The summed E-state index contributed by atoms with van der Waals surface area (Å²) in [4.78, 5) is 22.5. The van der Waals surface area contributed by atoms with E-state index < -0.39 is 10.0 Å². The van der Waals surface area contributed by atoms with Gasteiger partial charge in [0.25, 0.3) is 5.91 Å². The maximum absolute atomic E-state index is 12.4. The largest absolute Gasteiger partial charge is 0.337 e. The summed E-state index contributed by atoms with van der Waals surface area (Å²) in [6.45, 7) is 2.78. The first-order valence-corrected chi connectivity index (χ1v) is 9.59. The summed E-state index contributed by atoms with van der Waals surface area (Å²) >= 11 is 0. The smallest absolute Gasteiger partial charge is 0.274 e. The molecule has 1 aromatic carbocycles. The van der Waals surface area contributed by atoms with Crippen LogP contribution in [0.3, 0.4) is 0 Å². The number of carbonyl (C=O) groups is 1. The molecule has 2 heterocycles. The summed E-state index contributed by atoms with van der Waals surface area (Å²) in [7, 11) is -3.53. The van der Waals surface area contributed by atoms with Crippen LogP contribution >= 0.6 is 0 Å². The van der Waals surface area contributed by atoms with Crippen LogP contribution < -0.4 is 4.72 Å². The second-order valence-corrected chi connectivity index (χ2v) is 7.76. The van der Waals surface area contributed by atoms with Gasteiger partial charge in [-0.2, -0.15) is 0 Å². The third-order valence-electron chi connectivity index (χ3n) is 4.16. The lowest BCUT2D eigenvalue weighted by Crippen LogP contribution is -2.46. The number of carbonyl (C=O) groups excluding carboxylic acids is 1.